The van der Waals surface area contributed by atoms with Gasteiger partial charge in [0.05, 0.1) is 18.2 Å². The molecule has 1 N–H and O–H groups in total. The minimum Gasteiger partial charge on any atom is -0.383 e. The number of nitrogens with one attached hydrogen (secondary N) is 1. The van der Waals surface area contributed by atoms with E-state index < -0.39 is 20.8 Å². The number of rotatable bonds is 5. The number of sulfonamides is 1. The van der Waals surface area contributed by atoms with E-state index in [0.29, 0.717) is 0 Å². The van der Waals surface area contributed by atoms with E-state index >= 15 is 0 Å². The van der Waals surface area contributed by atoms with Crippen LogP contribution in [0.25, 0.3) is 0 Å². The summed E-state index contributed by atoms with van der Waals surface area (Å²) in [6.45, 7) is 4.98. The SMILES string of the molecule is COCC(C)(C)NS(=O)(=O)C(C)C#N. The maximum Gasteiger partial charge on any atom is 0.228 e. The predicted molar refractivity (Wildman–Crippen MR) is 53.1 cm³/mol. The van der Waals surface area contributed by atoms with E-state index in [9.17, 15) is 8.42 Å². The second-order valence-electron chi connectivity index (χ2n) is 3.74. The van der Waals surface area contributed by atoms with Gasteiger partial charge in [0, 0.05) is 7.11 Å². The van der Waals surface area contributed by atoms with Crippen molar-refractivity contribution in [2.45, 2.75) is 31.6 Å². The fraction of sp³-hybridized carbons (Fsp3) is 0.875. The molecule has 0 spiro atoms. The molecule has 0 aliphatic heterocycles. The lowest BCUT2D eigenvalue weighted by atomic mass is 10.1. The van der Waals surface area contributed by atoms with Crippen LogP contribution in [0.1, 0.15) is 20.8 Å². The quantitative estimate of drug-likeness (QED) is 0.720. The van der Waals surface area contributed by atoms with Crippen molar-refractivity contribution in [2.75, 3.05) is 13.7 Å². The van der Waals surface area contributed by atoms with Gasteiger partial charge in [0.2, 0.25) is 10.0 Å². The molecule has 0 aliphatic carbocycles. The fourth-order valence-electron chi connectivity index (χ4n) is 0.933. The van der Waals surface area contributed by atoms with Crippen molar-refractivity contribution in [3.8, 4) is 6.07 Å². The molecule has 0 aliphatic rings. The van der Waals surface area contributed by atoms with Crippen molar-refractivity contribution in [3.63, 3.8) is 0 Å². The molecule has 6 heteroatoms. The van der Waals surface area contributed by atoms with Crippen molar-refractivity contribution in [1.82, 2.24) is 4.72 Å². The van der Waals surface area contributed by atoms with Crippen LogP contribution in [0.4, 0.5) is 0 Å². The third kappa shape index (κ3) is 4.05. The van der Waals surface area contributed by atoms with E-state index in [-0.39, 0.29) is 6.61 Å². The number of hydrogen-bond donors (Lipinski definition) is 1. The maximum atomic E-state index is 11.5. The second kappa shape index (κ2) is 4.73. The molecule has 0 saturated heterocycles. The monoisotopic (exact) mass is 220 g/mol. The molecule has 82 valence electrons. The minimum absolute atomic E-state index is 0.254. The number of methoxy groups -OCH3 is 1. The average Bonchev–Trinajstić information content (AvgIpc) is 2.00. The van der Waals surface area contributed by atoms with Crippen LogP contribution in [0, 0.1) is 11.3 Å². The molecular weight excluding hydrogens is 204 g/mol. The van der Waals surface area contributed by atoms with Gasteiger partial charge < -0.3 is 4.74 Å². The summed E-state index contributed by atoms with van der Waals surface area (Å²) in [5, 5.41) is 7.44. The van der Waals surface area contributed by atoms with Crippen LogP contribution in [0.2, 0.25) is 0 Å². The van der Waals surface area contributed by atoms with Crippen LogP contribution in [0.15, 0.2) is 0 Å². The third-order valence-corrected chi connectivity index (χ3v) is 3.44. The van der Waals surface area contributed by atoms with E-state index in [1.54, 1.807) is 19.9 Å². The van der Waals surface area contributed by atoms with E-state index in [1.807, 2.05) is 0 Å². The van der Waals surface area contributed by atoms with Gasteiger partial charge in [0.25, 0.3) is 0 Å². The Morgan fingerprint density at radius 3 is 2.43 bits per heavy atom. The summed E-state index contributed by atoms with van der Waals surface area (Å²) < 4.78 is 30.2. The zero-order chi connectivity index (χ0) is 11.4. The lowest BCUT2D eigenvalue weighted by Crippen LogP contribution is -2.49. The highest BCUT2D eigenvalue weighted by Crippen LogP contribution is 2.07. The van der Waals surface area contributed by atoms with Crippen molar-refractivity contribution >= 4 is 10.0 Å². The van der Waals surface area contributed by atoms with Crippen LogP contribution >= 0.6 is 0 Å². The molecule has 0 heterocycles. The smallest absolute Gasteiger partial charge is 0.228 e. The van der Waals surface area contributed by atoms with Crippen LogP contribution in [-0.2, 0) is 14.8 Å². The second-order valence-corrected chi connectivity index (χ2v) is 5.74. The maximum absolute atomic E-state index is 11.5. The van der Waals surface area contributed by atoms with Gasteiger partial charge in [-0.2, -0.15) is 5.26 Å². The first kappa shape index (κ1) is 13.4. The number of nitrogens with zero attached hydrogens (tertiary/aromatic N) is 1. The average molecular weight is 220 g/mol. The molecule has 1 unspecified atom stereocenters. The molecule has 0 aromatic rings. The summed E-state index contributed by atoms with van der Waals surface area (Å²) in [6, 6.07) is 1.68. The molecule has 14 heavy (non-hydrogen) atoms. The summed E-state index contributed by atoms with van der Waals surface area (Å²) >= 11 is 0. The van der Waals surface area contributed by atoms with E-state index in [0.717, 1.165) is 0 Å². The van der Waals surface area contributed by atoms with E-state index in [1.165, 1.54) is 14.0 Å². The zero-order valence-electron chi connectivity index (χ0n) is 8.86. The molecule has 5 nitrogen and oxygen atoms in total. The first-order valence-electron chi connectivity index (χ1n) is 4.16. The number of hydrogen-bond acceptors (Lipinski definition) is 4. The Labute approximate surface area is 85.1 Å². The Bertz CT molecular complexity index is 316. The topological polar surface area (TPSA) is 79.2 Å². The van der Waals surface area contributed by atoms with Gasteiger partial charge in [0.1, 0.15) is 0 Å². The Balaban J connectivity index is 4.61. The molecule has 0 amide bonds. The Morgan fingerprint density at radius 2 is 2.07 bits per heavy atom. The molecule has 0 aromatic carbocycles. The van der Waals surface area contributed by atoms with Gasteiger partial charge in [-0.15, -0.1) is 0 Å². The third-order valence-electron chi connectivity index (χ3n) is 1.57. The largest absolute Gasteiger partial charge is 0.383 e. The summed E-state index contributed by atoms with van der Waals surface area (Å²) in [4.78, 5) is 0. The van der Waals surface area contributed by atoms with Gasteiger partial charge in [-0.1, -0.05) is 0 Å². The lowest BCUT2D eigenvalue weighted by molar-refractivity contribution is 0.141. The molecule has 0 radical (unpaired) electrons. The van der Waals surface area contributed by atoms with Crippen LogP contribution in [0.3, 0.4) is 0 Å². The van der Waals surface area contributed by atoms with Gasteiger partial charge in [-0.05, 0) is 20.8 Å². The Kier molecular flexibility index (Phi) is 4.52. The Hall–Kier alpha value is -0.640. The first-order valence-corrected chi connectivity index (χ1v) is 5.71. The predicted octanol–water partition coefficient (Wildman–Crippen LogP) is 0.243. The molecule has 1 atom stereocenters. The molecule has 0 fully saturated rings. The van der Waals surface area contributed by atoms with E-state index in [2.05, 4.69) is 4.72 Å². The first-order chi connectivity index (χ1) is 6.25. The summed E-state index contributed by atoms with van der Waals surface area (Å²) in [6.07, 6.45) is 0. The van der Waals surface area contributed by atoms with Crippen molar-refractivity contribution in [1.29, 1.82) is 5.26 Å². The summed E-state index contributed by atoms with van der Waals surface area (Å²) in [5.41, 5.74) is -0.696. The van der Waals surface area contributed by atoms with Gasteiger partial charge in [-0.3, -0.25) is 0 Å². The molecular formula is C8H16N2O3S. The highest BCUT2D eigenvalue weighted by molar-refractivity contribution is 7.90. The number of ether oxygens (including phenoxy) is 1. The molecule has 0 bridgehead atoms. The van der Waals surface area contributed by atoms with Gasteiger partial charge in [-0.25, -0.2) is 13.1 Å². The van der Waals surface area contributed by atoms with Crippen LogP contribution < -0.4 is 4.72 Å². The lowest BCUT2D eigenvalue weighted by Gasteiger charge is -2.25. The Morgan fingerprint density at radius 1 is 1.57 bits per heavy atom. The normalized spacial score (nSPS) is 14.8. The molecule has 0 saturated carbocycles. The van der Waals surface area contributed by atoms with Crippen molar-refractivity contribution in [2.24, 2.45) is 0 Å². The zero-order valence-corrected chi connectivity index (χ0v) is 9.68. The van der Waals surface area contributed by atoms with Crippen LogP contribution in [0.5, 0.6) is 0 Å². The molecule has 0 rings (SSSR count). The van der Waals surface area contributed by atoms with Crippen molar-refractivity contribution in [3.05, 3.63) is 0 Å². The molecule has 0 aromatic heterocycles. The highest BCUT2D eigenvalue weighted by Gasteiger charge is 2.28. The standard InChI is InChI=1S/C8H16N2O3S/c1-7(5-9)14(11,12)10-8(2,3)6-13-4/h7,10H,6H2,1-4H3. The van der Waals surface area contributed by atoms with E-state index in [4.69, 9.17) is 10.00 Å². The van der Waals surface area contributed by atoms with Gasteiger partial charge in [0.15, 0.2) is 5.25 Å². The highest BCUT2D eigenvalue weighted by atomic mass is 32.2. The van der Waals surface area contributed by atoms with Crippen molar-refractivity contribution < 1.29 is 13.2 Å². The number of nitriles is 1. The summed E-state index contributed by atoms with van der Waals surface area (Å²) in [7, 11) is -2.09. The van der Waals surface area contributed by atoms with Gasteiger partial charge >= 0.3 is 0 Å². The fourth-order valence-corrected chi connectivity index (χ4v) is 2.08. The minimum atomic E-state index is -3.58. The summed E-state index contributed by atoms with van der Waals surface area (Å²) in [5.74, 6) is 0. The van der Waals surface area contributed by atoms with Crippen LogP contribution in [-0.4, -0.2) is 32.9 Å².